The third-order valence-electron chi connectivity index (χ3n) is 14.7. The lowest BCUT2D eigenvalue weighted by Crippen LogP contribution is -2.66. The summed E-state index contributed by atoms with van der Waals surface area (Å²) in [4.78, 5) is 11.9. The molecule has 1 aliphatic heterocycles. The first kappa shape index (κ1) is 89.5. The third kappa shape index (κ3) is 62.5. The van der Waals surface area contributed by atoms with Gasteiger partial charge in [0, 0.05) is 19.4 Å². The second-order valence-corrected chi connectivity index (χ2v) is 22.9. The van der Waals surface area contributed by atoms with Crippen LogP contribution in [-0.4, -0.2) is 344 Å². The van der Waals surface area contributed by atoms with Crippen LogP contribution in [-0.2, 0) is 114 Å². The number of nitrogens with zero attached hydrogens (tertiary/aromatic N) is 1. The smallest absolute Gasteiger partial charge is 0.362 e. The number of likely N-dealkylation sites (tertiary alicyclic amines) is 1. The molecule has 1 aliphatic rings. The molecule has 1 saturated heterocycles. The van der Waals surface area contributed by atoms with Crippen LogP contribution in [0, 0.1) is 0 Å². The first-order valence-corrected chi connectivity index (χ1v) is 35.2. The van der Waals surface area contributed by atoms with E-state index in [4.69, 9.17) is 109 Å². The van der Waals surface area contributed by atoms with Gasteiger partial charge in [-0.3, -0.25) is 0 Å². The zero-order chi connectivity index (χ0) is 66.8. The summed E-state index contributed by atoms with van der Waals surface area (Å²) in [5.74, 6) is -0.712. The Bertz CT molecular complexity index is 1470. The number of hydrogen-bond donors (Lipinski definition) is 1. The van der Waals surface area contributed by atoms with E-state index >= 15 is 0 Å². The molecule has 1 rings (SSSR count). The predicted molar refractivity (Wildman–Crippen MR) is 351 cm³/mol. The molecule has 0 bridgehead atoms. The van der Waals surface area contributed by atoms with Gasteiger partial charge in [0.25, 0.3) is 0 Å². The molecule has 2 atom stereocenters. The van der Waals surface area contributed by atoms with Crippen LogP contribution in [0.4, 0.5) is 0 Å². The van der Waals surface area contributed by atoms with E-state index in [1.165, 1.54) is 57.8 Å². The van der Waals surface area contributed by atoms with Crippen molar-refractivity contribution in [3.8, 4) is 0 Å². The molecule has 0 aromatic rings. The molecule has 1 fully saturated rings. The summed E-state index contributed by atoms with van der Waals surface area (Å²) in [6.45, 7) is 33.4. The lowest BCUT2D eigenvalue weighted by atomic mass is 9.99. The van der Waals surface area contributed by atoms with Gasteiger partial charge in [0.15, 0.2) is 6.04 Å². The highest BCUT2D eigenvalue weighted by molar-refractivity contribution is 5.72. The number of quaternary nitrogens is 1. The maximum Gasteiger partial charge on any atom is 0.362 e. The van der Waals surface area contributed by atoms with E-state index in [0.717, 1.165) is 32.4 Å². The molecule has 0 amide bonds. The standard InChI is InChI=1S/C67H133NO25/c1-5-6-7-8-9-10-11-12-13-14-19-71-21-23-73-25-27-75-29-31-77-33-35-79-37-39-81-41-43-83-45-47-85-49-51-87-53-55-89-57-59-91-61-63-93-64-62-92-60-58-90-56-54-88-52-50-86-48-46-84-44-42-82-40-38-80-36-34-78-32-30-76-28-26-74-24-22-72-20-18-68(67(2,3)4)17-15-16-65(68)66(69)70/h65H,5-64H2,1-4H3/p+1. The lowest BCUT2D eigenvalue weighted by Gasteiger charge is -2.48. The average Bonchev–Trinajstić information content (AvgIpc) is 1.68. The zero-order valence-electron chi connectivity index (χ0n) is 58.7. The van der Waals surface area contributed by atoms with Crippen molar-refractivity contribution in [2.45, 2.75) is 116 Å². The van der Waals surface area contributed by atoms with Crippen LogP contribution in [0.25, 0.3) is 0 Å². The molecule has 556 valence electrons. The number of hydrogen-bond acceptors (Lipinski definition) is 24. The van der Waals surface area contributed by atoms with E-state index in [2.05, 4.69) is 27.7 Å². The second kappa shape index (κ2) is 73.2. The maximum atomic E-state index is 11.9. The van der Waals surface area contributed by atoms with Gasteiger partial charge in [-0.05, 0) is 27.2 Å². The number of rotatable bonds is 81. The molecule has 0 aromatic heterocycles. The third-order valence-corrected chi connectivity index (χ3v) is 14.7. The van der Waals surface area contributed by atoms with Gasteiger partial charge in [-0.25, -0.2) is 4.79 Å². The Labute approximate surface area is 560 Å². The SMILES string of the molecule is CCCCCCCCCCCCOCCOCCOCCOCCOCCOCCOCCOCCOCCOCCOCCOCCOCCOCCOCCOCCOCCOCCOCCOCCOCCOCCOCC[N+]1(C(C)(C)C)CCCC1C(=O)O. The van der Waals surface area contributed by atoms with Crippen molar-refractivity contribution in [3.05, 3.63) is 0 Å². The molecule has 26 heteroatoms. The van der Waals surface area contributed by atoms with E-state index in [0.29, 0.717) is 308 Å². The molecular formula is C67H134NO25+. The molecule has 0 radical (unpaired) electrons. The highest BCUT2D eigenvalue weighted by Gasteiger charge is 2.53. The normalized spacial score (nSPS) is 15.2. The number of ether oxygens (including phenoxy) is 23. The number of aliphatic carboxylic acids is 1. The Morgan fingerprint density at radius 2 is 0.452 bits per heavy atom. The zero-order valence-corrected chi connectivity index (χ0v) is 58.7. The minimum absolute atomic E-state index is 0.157. The van der Waals surface area contributed by atoms with Gasteiger partial charge in [0.05, 0.1) is 309 Å². The Kier molecular flexibility index (Phi) is 70.5. The summed E-state index contributed by atoms with van der Waals surface area (Å²) in [5.41, 5.74) is -0.157. The van der Waals surface area contributed by atoms with E-state index in [9.17, 15) is 9.90 Å². The molecular weight excluding hydrogens is 1220 g/mol. The highest BCUT2D eigenvalue weighted by atomic mass is 16.6. The van der Waals surface area contributed by atoms with Gasteiger partial charge in [-0.1, -0.05) is 64.7 Å². The van der Waals surface area contributed by atoms with E-state index < -0.39 is 5.97 Å². The Morgan fingerprint density at radius 1 is 0.280 bits per heavy atom. The summed E-state index contributed by atoms with van der Waals surface area (Å²) in [5, 5.41) is 9.77. The van der Waals surface area contributed by atoms with Crippen molar-refractivity contribution in [2.75, 3.05) is 317 Å². The van der Waals surface area contributed by atoms with Crippen LogP contribution in [0.15, 0.2) is 0 Å². The van der Waals surface area contributed by atoms with Gasteiger partial charge >= 0.3 is 5.97 Å². The van der Waals surface area contributed by atoms with Crippen LogP contribution in [0.2, 0.25) is 0 Å². The van der Waals surface area contributed by atoms with E-state index in [1.54, 1.807) is 0 Å². The number of carboxylic acid groups (broad SMARTS) is 1. The minimum atomic E-state index is -0.712. The molecule has 0 aliphatic carbocycles. The summed E-state index contributed by atoms with van der Waals surface area (Å²) in [6.07, 6.45) is 15.0. The lowest BCUT2D eigenvalue weighted by molar-refractivity contribution is -0.974. The van der Waals surface area contributed by atoms with Crippen molar-refractivity contribution in [1.29, 1.82) is 0 Å². The number of carbonyl (C=O) groups is 1. The quantitative estimate of drug-likeness (QED) is 0.0529. The van der Waals surface area contributed by atoms with Gasteiger partial charge < -0.3 is 119 Å². The van der Waals surface area contributed by atoms with Crippen molar-refractivity contribution in [2.24, 2.45) is 0 Å². The van der Waals surface area contributed by atoms with Gasteiger partial charge in [0.2, 0.25) is 0 Å². The Morgan fingerprint density at radius 3 is 0.634 bits per heavy atom. The fourth-order valence-electron chi connectivity index (χ4n) is 9.57. The molecule has 0 saturated carbocycles. The van der Waals surface area contributed by atoms with Crippen LogP contribution in [0.5, 0.6) is 0 Å². The maximum absolute atomic E-state index is 11.9. The average molecular weight is 1350 g/mol. The minimum Gasteiger partial charge on any atom is -0.477 e. The fraction of sp³-hybridized carbons (Fsp3) is 0.985. The molecule has 0 spiro atoms. The molecule has 1 N–H and O–H groups in total. The van der Waals surface area contributed by atoms with E-state index in [1.807, 2.05) is 0 Å². The van der Waals surface area contributed by atoms with Crippen LogP contribution < -0.4 is 0 Å². The summed E-state index contributed by atoms with van der Waals surface area (Å²) in [6, 6.07) is -0.370. The van der Waals surface area contributed by atoms with Crippen molar-refractivity contribution in [3.63, 3.8) is 0 Å². The van der Waals surface area contributed by atoms with Crippen molar-refractivity contribution < 1.29 is 123 Å². The molecule has 0 aromatic carbocycles. The van der Waals surface area contributed by atoms with E-state index in [-0.39, 0.29) is 11.6 Å². The van der Waals surface area contributed by atoms with Crippen molar-refractivity contribution in [1.82, 2.24) is 0 Å². The Balaban J connectivity index is 1.61. The monoisotopic (exact) mass is 1350 g/mol. The summed E-state index contributed by atoms with van der Waals surface area (Å²) >= 11 is 0. The van der Waals surface area contributed by atoms with Crippen LogP contribution >= 0.6 is 0 Å². The van der Waals surface area contributed by atoms with Gasteiger partial charge in [-0.15, -0.1) is 0 Å². The topological polar surface area (TPSA) is 250 Å². The van der Waals surface area contributed by atoms with Gasteiger partial charge in [0.1, 0.15) is 6.54 Å². The highest BCUT2D eigenvalue weighted by Crippen LogP contribution is 2.36. The molecule has 2 unspecified atom stereocenters. The molecule has 26 nitrogen and oxygen atoms in total. The van der Waals surface area contributed by atoms with Gasteiger partial charge in [-0.2, -0.15) is 0 Å². The Hall–Kier alpha value is -1.49. The van der Waals surface area contributed by atoms with Crippen LogP contribution in [0.1, 0.15) is 105 Å². The summed E-state index contributed by atoms with van der Waals surface area (Å²) < 4.78 is 128. The number of carboxylic acids is 1. The first-order valence-electron chi connectivity index (χ1n) is 35.2. The second-order valence-electron chi connectivity index (χ2n) is 22.9. The first-order chi connectivity index (χ1) is 45.8. The number of unbranched alkanes of at least 4 members (excludes halogenated alkanes) is 9. The van der Waals surface area contributed by atoms with Crippen molar-refractivity contribution >= 4 is 5.97 Å². The molecule has 1 heterocycles. The van der Waals surface area contributed by atoms with Crippen LogP contribution in [0.3, 0.4) is 0 Å². The largest absolute Gasteiger partial charge is 0.477 e. The molecule has 93 heavy (non-hydrogen) atoms. The predicted octanol–water partition coefficient (Wildman–Crippen LogP) is 6.15. The summed E-state index contributed by atoms with van der Waals surface area (Å²) in [7, 11) is 0. The fourth-order valence-corrected chi connectivity index (χ4v) is 9.57.